The molecule has 0 aliphatic rings. The normalized spacial score (nSPS) is 11.5. The van der Waals surface area contributed by atoms with Gasteiger partial charge in [0.25, 0.3) is 5.56 Å². The van der Waals surface area contributed by atoms with Crippen molar-refractivity contribution in [3.8, 4) is 11.8 Å². The first kappa shape index (κ1) is 13.0. The number of hydrogen-bond donors (Lipinski definition) is 1. The van der Waals surface area contributed by atoms with Crippen LogP contribution in [-0.4, -0.2) is 9.67 Å². The van der Waals surface area contributed by atoms with Crippen molar-refractivity contribution in [3.63, 3.8) is 0 Å². The highest BCUT2D eigenvalue weighted by atomic mass is 19.4. The number of pyridine rings is 1. The Hall–Kier alpha value is -2.49. The molecule has 0 spiro atoms. The summed E-state index contributed by atoms with van der Waals surface area (Å²) in [6, 6.07) is 4.12. The maximum absolute atomic E-state index is 12.6. The number of aromatic hydroxyl groups is 1. The number of hydrogen-bond acceptors (Lipinski definition) is 3. The van der Waals surface area contributed by atoms with Crippen molar-refractivity contribution >= 4 is 10.9 Å². The van der Waals surface area contributed by atoms with Crippen LogP contribution < -0.4 is 5.56 Å². The Bertz CT molecular complexity index is 770. The van der Waals surface area contributed by atoms with Gasteiger partial charge in [-0.15, -0.1) is 0 Å². The Morgan fingerprint density at radius 3 is 2.53 bits per heavy atom. The maximum Gasteiger partial charge on any atom is 0.416 e. The fraction of sp³-hybridized carbons (Fsp3) is 0.167. The van der Waals surface area contributed by atoms with Gasteiger partial charge in [0.1, 0.15) is 11.8 Å². The quantitative estimate of drug-likeness (QED) is 0.796. The van der Waals surface area contributed by atoms with Crippen molar-refractivity contribution in [1.29, 1.82) is 5.26 Å². The smallest absolute Gasteiger partial charge is 0.416 e. The molecule has 0 atom stereocenters. The summed E-state index contributed by atoms with van der Waals surface area (Å²) in [5, 5.41) is 18.5. The van der Waals surface area contributed by atoms with Crippen LogP contribution in [0.5, 0.6) is 5.75 Å². The van der Waals surface area contributed by atoms with Crippen molar-refractivity contribution in [2.24, 2.45) is 7.05 Å². The fourth-order valence-corrected chi connectivity index (χ4v) is 1.80. The summed E-state index contributed by atoms with van der Waals surface area (Å²) < 4.78 is 38.7. The van der Waals surface area contributed by atoms with E-state index in [4.69, 9.17) is 5.26 Å². The molecule has 0 unspecified atom stereocenters. The first-order valence-corrected chi connectivity index (χ1v) is 5.10. The molecule has 0 amide bonds. The average Bonchev–Trinajstić information content (AvgIpc) is 2.35. The second-order valence-electron chi connectivity index (χ2n) is 3.93. The van der Waals surface area contributed by atoms with E-state index in [0.29, 0.717) is 0 Å². The van der Waals surface area contributed by atoms with Gasteiger partial charge in [-0.3, -0.25) is 4.79 Å². The lowest BCUT2D eigenvalue weighted by Gasteiger charge is -2.11. The molecule has 1 N–H and O–H groups in total. The summed E-state index contributed by atoms with van der Waals surface area (Å²) in [5.41, 5.74) is -2.35. The first-order valence-electron chi connectivity index (χ1n) is 5.10. The minimum atomic E-state index is -4.55. The Kier molecular flexibility index (Phi) is 2.74. The van der Waals surface area contributed by atoms with Crippen LogP contribution in [0.3, 0.4) is 0 Å². The predicted molar refractivity (Wildman–Crippen MR) is 60.6 cm³/mol. The zero-order chi connectivity index (χ0) is 14.4. The van der Waals surface area contributed by atoms with Crippen LogP contribution in [-0.2, 0) is 13.2 Å². The maximum atomic E-state index is 12.6. The number of aromatic nitrogens is 1. The first-order chi connectivity index (χ1) is 8.77. The van der Waals surface area contributed by atoms with Crippen molar-refractivity contribution in [1.82, 2.24) is 4.57 Å². The van der Waals surface area contributed by atoms with Gasteiger partial charge in [-0.1, -0.05) is 0 Å². The van der Waals surface area contributed by atoms with E-state index >= 15 is 0 Å². The SMILES string of the molecule is Cn1c(=O)c(C#N)c(O)c2ccc(C(F)(F)F)cc21. The van der Waals surface area contributed by atoms with Crippen LogP contribution in [0.2, 0.25) is 0 Å². The molecule has 0 fully saturated rings. The van der Waals surface area contributed by atoms with Gasteiger partial charge < -0.3 is 9.67 Å². The molecule has 0 bridgehead atoms. The summed E-state index contributed by atoms with van der Waals surface area (Å²) in [7, 11) is 1.24. The average molecular weight is 268 g/mol. The standard InChI is InChI=1S/C12H7F3N2O2/c1-17-9-4-6(12(13,14)15)2-3-7(9)10(18)8(5-16)11(17)19/h2-4,18H,1H3. The van der Waals surface area contributed by atoms with E-state index in [1.54, 1.807) is 0 Å². The van der Waals surface area contributed by atoms with Gasteiger partial charge in [-0.05, 0) is 18.2 Å². The largest absolute Gasteiger partial charge is 0.506 e. The van der Waals surface area contributed by atoms with Crippen LogP contribution >= 0.6 is 0 Å². The van der Waals surface area contributed by atoms with Crippen LogP contribution in [0.4, 0.5) is 13.2 Å². The van der Waals surface area contributed by atoms with E-state index < -0.39 is 28.6 Å². The lowest BCUT2D eigenvalue weighted by molar-refractivity contribution is -0.137. The molecule has 4 nitrogen and oxygen atoms in total. The number of benzene rings is 1. The van der Waals surface area contributed by atoms with Gasteiger partial charge in [0.05, 0.1) is 11.1 Å². The third kappa shape index (κ3) is 1.91. The minimum Gasteiger partial charge on any atom is -0.506 e. The molecule has 2 rings (SSSR count). The molecule has 0 saturated heterocycles. The molecule has 1 aromatic heterocycles. The summed E-state index contributed by atoms with van der Waals surface area (Å²) in [6.45, 7) is 0. The number of nitriles is 1. The van der Waals surface area contributed by atoms with Gasteiger partial charge in [0.2, 0.25) is 0 Å². The number of fused-ring (bicyclic) bond motifs is 1. The van der Waals surface area contributed by atoms with Crippen LogP contribution in [0.25, 0.3) is 10.9 Å². The highest BCUT2D eigenvalue weighted by Crippen LogP contribution is 2.33. The molecule has 2 aromatic rings. The lowest BCUT2D eigenvalue weighted by atomic mass is 10.1. The molecule has 0 saturated carbocycles. The number of aryl methyl sites for hydroxylation is 1. The topological polar surface area (TPSA) is 66.0 Å². The third-order valence-electron chi connectivity index (χ3n) is 2.81. The van der Waals surface area contributed by atoms with Crippen LogP contribution in [0.1, 0.15) is 11.1 Å². The second kappa shape index (κ2) is 4.02. The number of rotatable bonds is 0. The summed E-state index contributed by atoms with van der Waals surface area (Å²) in [6.07, 6.45) is -4.55. The monoisotopic (exact) mass is 268 g/mol. The molecule has 98 valence electrons. The van der Waals surface area contributed by atoms with Crippen molar-refractivity contribution in [2.75, 3.05) is 0 Å². The number of alkyl halides is 3. The summed E-state index contributed by atoms with van der Waals surface area (Å²) in [5.74, 6) is -0.602. The van der Waals surface area contributed by atoms with Gasteiger partial charge in [0, 0.05) is 12.4 Å². The molecule has 1 heterocycles. The third-order valence-corrected chi connectivity index (χ3v) is 2.81. The number of halogens is 3. The zero-order valence-electron chi connectivity index (χ0n) is 9.62. The Morgan fingerprint density at radius 2 is 2.00 bits per heavy atom. The van der Waals surface area contributed by atoms with Gasteiger partial charge in [-0.25, -0.2) is 0 Å². The highest BCUT2D eigenvalue weighted by molar-refractivity contribution is 5.87. The van der Waals surface area contributed by atoms with E-state index in [-0.39, 0.29) is 10.9 Å². The summed E-state index contributed by atoms with van der Waals surface area (Å²) >= 11 is 0. The molecular formula is C12H7F3N2O2. The molecule has 19 heavy (non-hydrogen) atoms. The Balaban J connectivity index is 2.94. The van der Waals surface area contributed by atoms with Gasteiger partial charge in [0.15, 0.2) is 5.56 Å². The summed E-state index contributed by atoms with van der Waals surface area (Å²) in [4.78, 5) is 11.7. The van der Waals surface area contributed by atoms with E-state index in [1.165, 1.54) is 13.1 Å². The molecule has 0 aliphatic carbocycles. The molecular weight excluding hydrogens is 261 g/mol. The Morgan fingerprint density at radius 1 is 1.37 bits per heavy atom. The van der Waals surface area contributed by atoms with Crippen molar-refractivity contribution in [2.45, 2.75) is 6.18 Å². The molecule has 0 aliphatic heterocycles. The van der Waals surface area contributed by atoms with E-state index in [9.17, 15) is 23.1 Å². The van der Waals surface area contributed by atoms with E-state index in [0.717, 1.165) is 22.8 Å². The van der Waals surface area contributed by atoms with Crippen LogP contribution in [0, 0.1) is 11.3 Å². The highest BCUT2D eigenvalue weighted by Gasteiger charge is 2.31. The van der Waals surface area contributed by atoms with Crippen molar-refractivity contribution in [3.05, 3.63) is 39.7 Å². The van der Waals surface area contributed by atoms with E-state index in [1.807, 2.05) is 0 Å². The Labute approximate surface area is 104 Å². The van der Waals surface area contributed by atoms with Gasteiger partial charge in [-0.2, -0.15) is 18.4 Å². The predicted octanol–water partition coefficient (Wildman–Crippen LogP) is 2.13. The minimum absolute atomic E-state index is 0.0200. The van der Waals surface area contributed by atoms with Crippen molar-refractivity contribution < 1.29 is 18.3 Å². The van der Waals surface area contributed by atoms with Crippen LogP contribution in [0.15, 0.2) is 23.0 Å². The van der Waals surface area contributed by atoms with Gasteiger partial charge >= 0.3 is 6.18 Å². The number of nitrogens with zero attached hydrogens (tertiary/aromatic N) is 2. The zero-order valence-corrected chi connectivity index (χ0v) is 9.62. The lowest BCUT2D eigenvalue weighted by Crippen LogP contribution is -2.20. The second-order valence-corrected chi connectivity index (χ2v) is 3.93. The fourth-order valence-electron chi connectivity index (χ4n) is 1.80. The molecule has 0 radical (unpaired) electrons. The molecule has 1 aromatic carbocycles. The van der Waals surface area contributed by atoms with E-state index in [2.05, 4.69) is 0 Å². The molecule has 7 heteroatoms.